The first-order valence-corrected chi connectivity index (χ1v) is 5.89. The van der Waals surface area contributed by atoms with E-state index in [1.54, 1.807) is 26.1 Å². The van der Waals surface area contributed by atoms with Gasteiger partial charge in [0.2, 0.25) is 0 Å². The summed E-state index contributed by atoms with van der Waals surface area (Å²) >= 11 is 0. The Kier molecular flexibility index (Phi) is 4.74. The van der Waals surface area contributed by atoms with Crippen molar-refractivity contribution < 1.29 is 19.8 Å². The maximum absolute atomic E-state index is 11.9. The third-order valence-electron chi connectivity index (χ3n) is 3.03. The monoisotopic (exact) mass is 266 g/mol. The van der Waals surface area contributed by atoms with E-state index in [2.05, 4.69) is 5.32 Å². The van der Waals surface area contributed by atoms with Gasteiger partial charge in [-0.15, -0.1) is 0 Å². The number of hydrogen-bond acceptors (Lipinski definition) is 3. The van der Waals surface area contributed by atoms with Crippen molar-refractivity contribution in [1.29, 1.82) is 0 Å². The molecule has 0 heterocycles. The van der Waals surface area contributed by atoms with E-state index >= 15 is 0 Å². The van der Waals surface area contributed by atoms with Crippen LogP contribution in [0.5, 0.6) is 5.75 Å². The molecule has 0 aliphatic carbocycles. The molecule has 2 amide bonds. The molecule has 0 bridgehead atoms. The Balaban J connectivity index is 2.67. The predicted molar refractivity (Wildman–Crippen MR) is 71.3 cm³/mol. The molecule has 1 aromatic carbocycles. The van der Waals surface area contributed by atoms with Gasteiger partial charge in [0, 0.05) is 18.8 Å². The molecule has 0 saturated carbocycles. The number of carbonyl (C=O) groups excluding carboxylic acids is 1. The minimum absolute atomic E-state index is 0.116. The second kappa shape index (κ2) is 6.08. The first-order chi connectivity index (χ1) is 8.82. The third-order valence-corrected chi connectivity index (χ3v) is 3.03. The highest BCUT2D eigenvalue weighted by molar-refractivity contribution is 5.91. The van der Waals surface area contributed by atoms with Crippen LogP contribution in [-0.4, -0.2) is 35.3 Å². The molecule has 0 radical (unpaired) electrons. The van der Waals surface area contributed by atoms with Gasteiger partial charge in [-0.05, 0) is 38.1 Å². The summed E-state index contributed by atoms with van der Waals surface area (Å²) in [5, 5.41) is 20.6. The van der Waals surface area contributed by atoms with E-state index < -0.39 is 24.0 Å². The Bertz CT molecular complexity index is 458. The molecule has 1 aromatic rings. The van der Waals surface area contributed by atoms with E-state index in [9.17, 15) is 14.7 Å². The zero-order valence-corrected chi connectivity index (χ0v) is 11.1. The second-order valence-corrected chi connectivity index (χ2v) is 4.44. The molecule has 6 heteroatoms. The molecule has 0 aliphatic rings. The van der Waals surface area contributed by atoms with Gasteiger partial charge in [0.25, 0.3) is 0 Å². The summed E-state index contributed by atoms with van der Waals surface area (Å²) in [5.74, 6) is -1.51. The number of nitrogens with one attached hydrogen (secondary N) is 1. The number of benzene rings is 1. The van der Waals surface area contributed by atoms with E-state index in [0.717, 1.165) is 0 Å². The zero-order valence-electron chi connectivity index (χ0n) is 11.1. The lowest BCUT2D eigenvalue weighted by Gasteiger charge is -2.23. The van der Waals surface area contributed by atoms with Crippen LogP contribution in [0.4, 0.5) is 10.5 Å². The molecule has 2 atom stereocenters. The fourth-order valence-corrected chi connectivity index (χ4v) is 1.42. The Morgan fingerprint density at radius 3 is 2.21 bits per heavy atom. The number of amides is 2. The van der Waals surface area contributed by atoms with Crippen molar-refractivity contribution in [3.05, 3.63) is 24.3 Å². The van der Waals surface area contributed by atoms with Crippen molar-refractivity contribution in [2.75, 3.05) is 11.9 Å². The topological polar surface area (TPSA) is 89.9 Å². The highest BCUT2D eigenvalue weighted by atomic mass is 16.4. The molecule has 0 saturated heterocycles. The highest BCUT2D eigenvalue weighted by Crippen LogP contribution is 2.17. The van der Waals surface area contributed by atoms with Crippen LogP contribution in [0.3, 0.4) is 0 Å². The number of nitrogens with zero attached hydrogens (tertiary/aromatic N) is 1. The Hall–Kier alpha value is -2.24. The number of anilines is 1. The molecular weight excluding hydrogens is 248 g/mol. The lowest BCUT2D eigenvalue weighted by Crippen LogP contribution is -2.46. The summed E-state index contributed by atoms with van der Waals surface area (Å²) < 4.78 is 0. The lowest BCUT2D eigenvalue weighted by molar-refractivity contribution is -0.141. The van der Waals surface area contributed by atoms with Crippen molar-refractivity contribution in [3.8, 4) is 5.75 Å². The van der Waals surface area contributed by atoms with Gasteiger partial charge in [0.05, 0.1) is 5.92 Å². The largest absolute Gasteiger partial charge is 0.508 e. The molecule has 0 aromatic heterocycles. The first kappa shape index (κ1) is 14.8. The van der Waals surface area contributed by atoms with Gasteiger partial charge in [-0.1, -0.05) is 0 Å². The summed E-state index contributed by atoms with van der Waals surface area (Å²) in [4.78, 5) is 24.1. The SMILES string of the molecule is CC(NC(=O)N(C)c1ccc(O)cc1)C(C)C(=O)O. The molecule has 0 fully saturated rings. The summed E-state index contributed by atoms with van der Waals surface area (Å²) in [6.45, 7) is 3.18. The third kappa shape index (κ3) is 3.87. The molecule has 1 rings (SSSR count). The molecule has 3 N–H and O–H groups in total. The zero-order chi connectivity index (χ0) is 14.6. The van der Waals surface area contributed by atoms with Gasteiger partial charge in [0.1, 0.15) is 5.75 Å². The van der Waals surface area contributed by atoms with E-state index in [1.165, 1.54) is 24.0 Å². The molecule has 0 aliphatic heterocycles. The molecule has 19 heavy (non-hydrogen) atoms. The van der Waals surface area contributed by atoms with Crippen LogP contribution in [0, 0.1) is 5.92 Å². The van der Waals surface area contributed by atoms with Crippen LogP contribution in [0.25, 0.3) is 0 Å². The van der Waals surface area contributed by atoms with E-state index in [4.69, 9.17) is 5.11 Å². The Morgan fingerprint density at radius 1 is 1.21 bits per heavy atom. The fraction of sp³-hybridized carbons (Fsp3) is 0.385. The van der Waals surface area contributed by atoms with Gasteiger partial charge in [-0.2, -0.15) is 0 Å². The maximum Gasteiger partial charge on any atom is 0.321 e. The number of carbonyl (C=O) groups is 2. The summed E-state index contributed by atoms with van der Waals surface area (Å²) in [5.41, 5.74) is 0.602. The number of carboxylic acids is 1. The predicted octanol–water partition coefficient (Wildman–Crippen LogP) is 1.65. The summed E-state index contributed by atoms with van der Waals surface area (Å²) in [7, 11) is 1.57. The minimum Gasteiger partial charge on any atom is -0.508 e. The van der Waals surface area contributed by atoms with Gasteiger partial charge in [-0.25, -0.2) is 4.79 Å². The number of hydrogen-bond donors (Lipinski definition) is 3. The van der Waals surface area contributed by atoms with E-state index in [-0.39, 0.29) is 5.75 Å². The Morgan fingerprint density at radius 2 is 1.74 bits per heavy atom. The van der Waals surface area contributed by atoms with Crippen LogP contribution < -0.4 is 10.2 Å². The van der Waals surface area contributed by atoms with E-state index in [1.807, 2.05) is 0 Å². The summed E-state index contributed by atoms with van der Waals surface area (Å²) in [6, 6.07) is 5.27. The number of rotatable bonds is 4. The number of urea groups is 1. The van der Waals surface area contributed by atoms with Crippen molar-refractivity contribution in [1.82, 2.24) is 5.32 Å². The van der Waals surface area contributed by atoms with Crippen LogP contribution in [-0.2, 0) is 4.79 Å². The van der Waals surface area contributed by atoms with Gasteiger partial charge in [0.15, 0.2) is 0 Å². The van der Waals surface area contributed by atoms with Gasteiger partial charge >= 0.3 is 12.0 Å². The molecule has 6 nitrogen and oxygen atoms in total. The molecule has 2 unspecified atom stereocenters. The minimum atomic E-state index is -0.958. The van der Waals surface area contributed by atoms with Crippen LogP contribution >= 0.6 is 0 Å². The normalized spacial score (nSPS) is 13.4. The fourth-order valence-electron chi connectivity index (χ4n) is 1.42. The quantitative estimate of drug-likeness (QED) is 0.773. The average Bonchev–Trinajstić information content (AvgIpc) is 2.37. The van der Waals surface area contributed by atoms with Crippen molar-refractivity contribution in [2.45, 2.75) is 19.9 Å². The van der Waals surface area contributed by atoms with Crippen molar-refractivity contribution >= 4 is 17.7 Å². The Labute approximate surface area is 111 Å². The molecule has 104 valence electrons. The second-order valence-electron chi connectivity index (χ2n) is 4.44. The van der Waals surface area contributed by atoms with Crippen molar-refractivity contribution in [2.24, 2.45) is 5.92 Å². The standard InChI is InChI=1S/C13H18N2O4/c1-8(12(17)18)9(2)14-13(19)15(3)10-4-6-11(16)7-5-10/h4-9,16H,1-3H3,(H,14,19)(H,17,18). The van der Waals surface area contributed by atoms with Gasteiger partial charge in [-0.3, -0.25) is 9.69 Å². The molecule has 0 spiro atoms. The number of aromatic hydroxyl groups is 1. The van der Waals surface area contributed by atoms with Crippen LogP contribution in [0.1, 0.15) is 13.8 Å². The van der Waals surface area contributed by atoms with Crippen LogP contribution in [0.2, 0.25) is 0 Å². The number of aliphatic carboxylic acids is 1. The van der Waals surface area contributed by atoms with Crippen molar-refractivity contribution in [3.63, 3.8) is 0 Å². The summed E-state index contributed by atoms with van der Waals surface area (Å²) in [6.07, 6.45) is 0. The smallest absolute Gasteiger partial charge is 0.321 e. The average molecular weight is 266 g/mol. The number of carboxylic acid groups (broad SMARTS) is 1. The van der Waals surface area contributed by atoms with Crippen LogP contribution in [0.15, 0.2) is 24.3 Å². The lowest BCUT2D eigenvalue weighted by atomic mass is 10.0. The molecular formula is C13H18N2O4. The van der Waals surface area contributed by atoms with E-state index in [0.29, 0.717) is 5.69 Å². The number of phenolic OH excluding ortho intramolecular Hbond substituents is 1. The first-order valence-electron chi connectivity index (χ1n) is 5.89. The maximum atomic E-state index is 11.9. The van der Waals surface area contributed by atoms with Gasteiger partial charge < -0.3 is 15.5 Å². The number of phenols is 1. The highest BCUT2D eigenvalue weighted by Gasteiger charge is 2.22.